The molecule has 3 nitrogen and oxygen atoms in total. The van der Waals surface area contributed by atoms with Gasteiger partial charge in [-0.05, 0) is 25.0 Å². The minimum Gasteiger partial charge on any atom is -0.383 e. The Bertz CT molecular complexity index is 489. The van der Waals surface area contributed by atoms with Gasteiger partial charge in [0.2, 0.25) is 0 Å². The topological polar surface area (TPSA) is 51.8 Å². The average Bonchev–Trinajstić information content (AvgIpc) is 3.01. The van der Waals surface area contributed by atoms with Gasteiger partial charge in [-0.1, -0.05) is 0 Å². The fraction of sp³-hybridized carbons (Fsp3) is 0.273. The van der Waals surface area contributed by atoms with Gasteiger partial charge >= 0.3 is 0 Å². The standard InChI is InChI=1S/C11H11N3/c12-11-9-3-4-13-6-8(9)5-10(14-11)7-1-2-7/h3-7H,1-2H2,(H2,12,14). The number of nitrogen functional groups attached to an aromatic ring is 1. The first-order chi connectivity index (χ1) is 6.84. The molecule has 1 aliphatic carbocycles. The van der Waals surface area contributed by atoms with Crippen LogP contribution in [0.4, 0.5) is 5.82 Å². The van der Waals surface area contributed by atoms with Crippen LogP contribution in [0, 0.1) is 0 Å². The number of fused-ring (bicyclic) bond motifs is 1. The van der Waals surface area contributed by atoms with Crippen LogP contribution in [-0.2, 0) is 0 Å². The molecule has 0 saturated heterocycles. The zero-order chi connectivity index (χ0) is 9.54. The number of rotatable bonds is 1. The number of hydrogen-bond acceptors (Lipinski definition) is 3. The maximum atomic E-state index is 5.88. The van der Waals surface area contributed by atoms with Crippen LogP contribution in [0.2, 0.25) is 0 Å². The van der Waals surface area contributed by atoms with E-state index in [4.69, 9.17) is 5.73 Å². The van der Waals surface area contributed by atoms with E-state index < -0.39 is 0 Å². The molecule has 1 aliphatic rings. The maximum absolute atomic E-state index is 5.88. The third-order valence-corrected chi connectivity index (χ3v) is 2.68. The highest BCUT2D eigenvalue weighted by atomic mass is 14.9. The van der Waals surface area contributed by atoms with Gasteiger partial charge in [0.1, 0.15) is 5.82 Å². The fourth-order valence-corrected chi connectivity index (χ4v) is 1.73. The van der Waals surface area contributed by atoms with Crippen molar-refractivity contribution in [1.29, 1.82) is 0 Å². The van der Waals surface area contributed by atoms with E-state index in [2.05, 4.69) is 16.0 Å². The molecule has 14 heavy (non-hydrogen) atoms. The number of aromatic nitrogens is 2. The molecule has 0 unspecified atom stereocenters. The smallest absolute Gasteiger partial charge is 0.131 e. The van der Waals surface area contributed by atoms with E-state index in [0.29, 0.717) is 11.7 Å². The first kappa shape index (κ1) is 7.74. The molecule has 0 aromatic carbocycles. The van der Waals surface area contributed by atoms with Crippen LogP contribution >= 0.6 is 0 Å². The molecule has 2 aromatic heterocycles. The molecule has 2 aromatic rings. The van der Waals surface area contributed by atoms with E-state index in [1.54, 1.807) is 6.20 Å². The molecular formula is C11H11N3. The van der Waals surface area contributed by atoms with Crippen molar-refractivity contribution in [2.75, 3.05) is 5.73 Å². The van der Waals surface area contributed by atoms with Gasteiger partial charge in [0.05, 0.1) is 0 Å². The van der Waals surface area contributed by atoms with Crippen LogP contribution in [0.3, 0.4) is 0 Å². The number of pyridine rings is 2. The first-order valence-corrected chi connectivity index (χ1v) is 4.85. The zero-order valence-electron chi connectivity index (χ0n) is 7.77. The quantitative estimate of drug-likeness (QED) is 0.740. The van der Waals surface area contributed by atoms with Crippen molar-refractivity contribution < 1.29 is 0 Å². The highest BCUT2D eigenvalue weighted by Gasteiger charge is 2.25. The van der Waals surface area contributed by atoms with E-state index in [9.17, 15) is 0 Å². The summed E-state index contributed by atoms with van der Waals surface area (Å²) in [6, 6.07) is 4.02. The molecule has 70 valence electrons. The molecule has 2 heterocycles. The van der Waals surface area contributed by atoms with Crippen LogP contribution in [0.25, 0.3) is 10.8 Å². The van der Waals surface area contributed by atoms with Crippen molar-refractivity contribution in [1.82, 2.24) is 9.97 Å². The summed E-state index contributed by atoms with van der Waals surface area (Å²) in [6.45, 7) is 0. The lowest BCUT2D eigenvalue weighted by Crippen LogP contribution is -1.96. The largest absolute Gasteiger partial charge is 0.383 e. The van der Waals surface area contributed by atoms with Gasteiger partial charge in [0.15, 0.2) is 0 Å². The summed E-state index contributed by atoms with van der Waals surface area (Å²) < 4.78 is 0. The van der Waals surface area contributed by atoms with Gasteiger partial charge in [-0.2, -0.15) is 0 Å². The number of hydrogen-bond donors (Lipinski definition) is 1. The van der Waals surface area contributed by atoms with Crippen molar-refractivity contribution in [3.8, 4) is 0 Å². The summed E-state index contributed by atoms with van der Waals surface area (Å²) in [6.07, 6.45) is 6.09. The van der Waals surface area contributed by atoms with Crippen molar-refractivity contribution >= 4 is 16.6 Å². The number of nitrogens with zero attached hydrogens (tertiary/aromatic N) is 2. The van der Waals surface area contributed by atoms with Crippen molar-refractivity contribution in [3.05, 3.63) is 30.2 Å². The molecule has 3 rings (SSSR count). The van der Waals surface area contributed by atoms with Crippen molar-refractivity contribution in [2.45, 2.75) is 18.8 Å². The number of anilines is 1. The monoisotopic (exact) mass is 185 g/mol. The lowest BCUT2D eigenvalue weighted by molar-refractivity contribution is 1.04. The highest BCUT2D eigenvalue weighted by Crippen LogP contribution is 2.40. The second-order valence-electron chi connectivity index (χ2n) is 3.80. The Morgan fingerprint density at radius 2 is 2.21 bits per heavy atom. The second-order valence-corrected chi connectivity index (χ2v) is 3.80. The fourth-order valence-electron chi connectivity index (χ4n) is 1.73. The zero-order valence-corrected chi connectivity index (χ0v) is 7.77. The summed E-state index contributed by atoms with van der Waals surface area (Å²) in [5.74, 6) is 1.27. The van der Waals surface area contributed by atoms with Crippen LogP contribution in [0.15, 0.2) is 24.5 Å². The molecule has 1 fully saturated rings. The Balaban J connectivity index is 2.27. The van der Waals surface area contributed by atoms with Gasteiger partial charge in [-0.3, -0.25) is 4.98 Å². The Hall–Kier alpha value is -1.64. The lowest BCUT2D eigenvalue weighted by Gasteiger charge is -2.03. The minimum absolute atomic E-state index is 0.631. The van der Waals surface area contributed by atoms with E-state index in [1.165, 1.54) is 12.8 Å². The Kier molecular flexibility index (Phi) is 1.48. The van der Waals surface area contributed by atoms with Crippen molar-refractivity contribution in [3.63, 3.8) is 0 Å². The molecule has 0 atom stereocenters. The summed E-state index contributed by atoms with van der Waals surface area (Å²) >= 11 is 0. The SMILES string of the molecule is Nc1nc(C2CC2)cc2cnccc12. The van der Waals surface area contributed by atoms with Crippen LogP contribution in [-0.4, -0.2) is 9.97 Å². The average molecular weight is 185 g/mol. The predicted molar refractivity (Wildman–Crippen MR) is 55.9 cm³/mol. The molecule has 3 heteroatoms. The Morgan fingerprint density at radius 1 is 1.36 bits per heavy atom. The van der Waals surface area contributed by atoms with E-state index in [1.807, 2.05) is 12.3 Å². The molecule has 0 amide bonds. The van der Waals surface area contributed by atoms with E-state index in [0.717, 1.165) is 16.5 Å². The predicted octanol–water partition coefficient (Wildman–Crippen LogP) is 2.09. The van der Waals surface area contributed by atoms with Crippen LogP contribution in [0.5, 0.6) is 0 Å². The maximum Gasteiger partial charge on any atom is 0.131 e. The summed E-state index contributed by atoms with van der Waals surface area (Å²) in [4.78, 5) is 8.50. The third-order valence-electron chi connectivity index (χ3n) is 2.68. The second kappa shape index (κ2) is 2.67. The van der Waals surface area contributed by atoms with Gasteiger partial charge < -0.3 is 5.73 Å². The molecule has 0 aliphatic heterocycles. The Morgan fingerprint density at radius 3 is 3.00 bits per heavy atom. The first-order valence-electron chi connectivity index (χ1n) is 4.85. The highest BCUT2D eigenvalue weighted by molar-refractivity contribution is 5.90. The minimum atomic E-state index is 0.631. The lowest BCUT2D eigenvalue weighted by atomic mass is 10.1. The van der Waals surface area contributed by atoms with Gasteiger partial charge in [-0.15, -0.1) is 0 Å². The van der Waals surface area contributed by atoms with E-state index in [-0.39, 0.29) is 0 Å². The van der Waals surface area contributed by atoms with Gasteiger partial charge in [0.25, 0.3) is 0 Å². The Labute approximate surface area is 82.0 Å². The van der Waals surface area contributed by atoms with E-state index >= 15 is 0 Å². The summed E-state index contributed by atoms with van der Waals surface area (Å²) in [7, 11) is 0. The molecule has 2 N–H and O–H groups in total. The van der Waals surface area contributed by atoms with Crippen molar-refractivity contribution in [2.24, 2.45) is 0 Å². The molecule has 0 spiro atoms. The summed E-state index contributed by atoms with van der Waals surface area (Å²) in [5, 5.41) is 2.10. The molecule has 1 saturated carbocycles. The normalized spacial score (nSPS) is 16.0. The summed E-state index contributed by atoms with van der Waals surface area (Å²) in [5.41, 5.74) is 7.01. The molecular weight excluding hydrogens is 174 g/mol. The van der Waals surface area contributed by atoms with Crippen LogP contribution in [0.1, 0.15) is 24.5 Å². The molecule has 0 bridgehead atoms. The third kappa shape index (κ3) is 1.13. The molecule has 0 radical (unpaired) electrons. The van der Waals surface area contributed by atoms with Gasteiger partial charge in [0, 0.05) is 34.8 Å². The van der Waals surface area contributed by atoms with Gasteiger partial charge in [-0.25, -0.2) is 4.98 Å². The number of nitrogens with two attached hydrogens (primary N) is 1. The van der Waals surface area contributed by atoms with Crippen LogP contribution < -0.4 is 5.73 Å².